The van der Waals surface area contributed by atoms with Crippen LogP contribution in [-0.4, -0.2) is 30.8 Å². The highest BCUT2D eigenvalue weighted by molar-refractivity contribution is 5.91. The zero-order chi connectivity index (χ0) is 13.0. The second kappa shape index (κ2) is 5.84. The lowest BCUT2D eigenvalue weighted by Gasteiger charge is -2.11. The van der Waals surface area contributed by atoms with Gasteiger partial charge in [0.2, 0.25) is 0 Å². The van der Waals surface area contributed by atoms with Crippen LogP contribution >= 0.6 is 0 Å². The van der Waals surface area contributed by atoms with Gasteiger partial charge in [0, 0.05) is 25.7 Å². The third-order valence-corrected chi connectivity index (χ3v) is 2.90. The van der Waals surface area contributed by atoms with Crippen LogP contribution in [0.25, 0.3) is 0 Å². The van der Waals surface area contributed by atoms with Crippen LogP contribution < -0.4 is 5.32 Å². The molecule has 1 amide bonds. The van der Waals surface area contributed by atoms with E-state index < -0.39 is 0 Å². The van der Waals surface area contributed by atoms with Gasteiger partial charge in [0.15, 0.2) is 5.76 Å². The van der Waals surface area contributed by atoms with Crippen LogP contribution in [0.5, 0.6) is 0 Å². The Hall–Kier alpha value is -1.59. The van der Waals surface area contributed by atoms with E-state index in [0.29, 0.717) is 12.4 Å². The molecule has 1 aromatic heterocycles. The van der Waals surface area contributed by atoms with Crippen molar-refractivity contribution in [2.24, 2.45) is 5.92 Å². The van der Waals surface area contributed by atoms with Crippen molar-refractivity contribution in [1.82, 2.24) is 5.32 Å². The van der Waals surface area contributed by atoms with Gasteiger partial charge >= 0.3 is 0 Å². The van der Waals surface area contributed by atoms with Gasteiger partial charge in [-0.25, -0.2) is 0 Å². The molecule has 0 bridgehead atoms. The molecule has 0 saturated heterocycles. The molecule has 1 heterocycles. The zero-order valence-corrected chi connectivity index (χ0v) is 10.3. The first-order valence-electron chi connectivity index (χ1n) is 5.90. The van der Waals surface area contributed by atoms with Crippen molar-refractivity contribution in [2.75, 3.05) is 13.7 Å². The van der Waals surface area contributed by atoms with Gasteiger partial charge in [0.25, 0.3) is 5.91 Å². The highest BCUT2D eigenvalue weighted by Gasteiger charge is 2.21. The van der Waals surface area contributed by atoms with E-state index >= 15 is 0 Å². The molecule has 1 aliphatic carbocycles. The van der Waals surface area contributed by atoms with E-state index in [0.717, 1.165) is 6.42 Å². The lowest BCUT2D eigenvalue weighted by molar-refractivity contribution is 0.0904. The van der Waals surface area contributed by atoms with Crippen LogP contribution in [0.15, 0.2) is 28.7 Å². The van der Waals surface area contributed by atoms with E-state index in [1.54, 1.807) is 19.2 Å². The number of aliphatic hydroxyl groups excluding tert-OH is 1. The summed E-state index contributed by atoms with van der Waals surface area (Å²) >= 11 is 0. The molecule has 98 valence electrons. The number of carbonyl (C=O) groups is 1. The number of rotatable bonds is 5. The van der Waals surface area contributed by atoms with Crippen molar-refractivity contribution in [3.8, 4) is 0 Å². The lowest BCUT2D eigenvalue weighted by atomic mass is 10.1. The van der Waals surface area contributed by atoms with Gasteiger partial charge in [0.1, 0.15) is 12.4 Å². The fourth-order valence-electron chi connectivity index (χ4n) is 1.98. The smallest absolute Gasteiger partial charge is 0.287 e. The molecule has 0 aliphatic heterocycles. The first-order valence-corrected chi connectivity index (χ1v) is 5.90. The summed E-state index contributed by atoms with van der Waals surface area (Å²) in [5, 5.41) is 11.8. The Morgan fingerprint density at radius 1 is 1.56 bits per heavy atom. The molecule has 0 aromatic carbocycles. The van der Waals surface area contributed by atoms with E-state index in [2.05, 4.69) is 5.32 Å². The van der Waals surface area contributed by atoms with Gasteiger partial charge < -0.3 is 19.6 Å². The minimum Gasteiger partial charge on any atom is -0.453 e. The van der Waals surface area contributed by atoms with Crippen molar-refractivity contribution in [3.63, 3.8) is 0 Å². The highest BCUT2D eigenvalue weighted by Crippen LogP contribution is 2.18. The first-order chi connectivity index (χ1) is 8.72. The van der Waals surface area contributed by atoms with E-state index in [1.807, 2.05) is 12.2 Å². The Kier molecular flexibility index (Phi) is 4.17. The van der Waals surface area contributed by atoms with E-state index in [9.17, 15) is 4.79 Å². The third-order valence-electron chi connectivity index (χ3n) is 2.90. The van der Waals surface area contributed by atoms with Gasteiger partial charge in [0.05, 0.1) is 0 Å². The lowest BCUT2D eigenvalue weighted by Crippen LogP contribution is -2.32. The number of amides is 1. The van der Waals surface area contributed by atoms with Crippen LogP contribution in [0.2, 0.25) is 0 Å². The van der Waals surface area contributed by atoms with Crippen molar-refractivity contribution in [2.45, 2.75) is 19.1 Å². The largest absolute Gasteiger partial charge is 0.453 e. The summed E-state index contributed by atoms with van der Waals surface area (Å²) in [6.45, 7) is 0.463. The number of aliphatic hydroxyl groups is 1. The summed E-state index contributed by atoms with van der Waals surface area (Å²) in [5.74, 6) is 0.794. The summed E-state index contributed by atoms with van der Waals surface area (Å²) in [5.41, 5.74) is 0. The molecule has 18 heavy (non-hydrogen) atoms. The Bertz CT molecular complexity index is 438. The predicted molar refractivity (Wildman–Crippen MR) is 65.0 cm³/mol. The molecule has 0 spiro atoms. The summed E-state index contributed by atoms with van der Waals surface area (Å²) < 4.78 is 10.3. The normalized spacial score (nSPS) is 22.3. The molecule has 0 saturated carbocycles. The predicted octanol–water partition coefficient (Wildman–Crippen LogP) is 1.09. The molecule has 5 nitrogen and oxygen atoms in total. The van der Waals surface area contributed by atoms with Crippen LogP contribution in [0, 0.1) is 5.92 Å². The molecule has 1 aliphatic rings. The molecule has 0 unspecified atom stereocenters. The quantitative estimate of drug-likeness (QED) is 0.768. The van der Waals surface area contributed by atoms with Gasteiger partial charge in [-0.1, -0.05) is 12.2 Å². The second-order valence-corrected chi connectivity index (χ2v) is 4.34. The molecule has 0 radical (unpaired) electrons. The number of nitrogens with one attached hydrogen (secondary N) is 1. The Morgan fingerprint density at radius 2 is 2.39 bits per heavy atom. The topological polar surface area (TPSA) is 71.7 Å². The summed E-state index contributed by atoms with van der Waals surface area (Å²) in [6.07, 6.45) is 4.55. The maximum Gasteiger partial charge on any atom is 0.287 e. The van der Waals surface area contributed by atoms with Crippen LogP contribution in [0.3, 0.4) is 0 Å². The molecule has 1 aromatic rings. The van der Waals surface area contributed by atoms with E-state index in [4.69, 9.17) is 14.3 Å². The van der Waals surface area contributed by atoms with Gasteiger partial charge in [-0.15, -0.1) is 0 Å². The Balaban J connectivity index is 1.89. The van der Waals surface area contributed by atoms with Gasteiger partial charge in [-0.05, 0) is 18.6 Å². The van der Waals surface area contributed by atoms with Crippen LogP contribution in [0.1, 0.15) is 22.7 Å². The Morgan fingerprint density at radius 3 is 3.06 bits per heavy atom. The van der Waals surface area contributed by atoms with Crippen molar-refractivity contribution >= 4 is 5.91 Å². The number of ether oxygens (including phenoxy) is 1. The average Bonchev–Trinajstić information content (AvgIpc) is 2.98. The SMILES string of the molecule is COCc1ccc(C(=O)N[C@@H]2C=C[C@H](CO)C2)o1. The molecule has 2 rings (SSSR count). The van der Waals surface area contributed by atoms with Gasteiger partial charge in [-0.2, -0.15) is 0 Å². The summed E-state index contributed by atoms with van der Waals surface area (Å²) in [7, 11) is 1.57. The molecule has 2 N–H and O–H groups in total. The molecule has 5 heteroatoms. The number of hydrogen-bond acceptors (Lipinski definition) is 4. The fraction of sp³-hybridized carbons (Fsp3) is 0.462. The van der Waals surface area contributed by atoms with Crippen LogP contribution in [0.4, 0.5) is 0 Å². The van der Waals surface area contributed by atoms with E-state index in [1.165, 1.54) is 0 Å². The van der Waals surface area contributed by atoms with E-state index in [-0.39, 0.29) is 30.2 Å². The maximum atomic E-state index is 11.9. The number of carbonyl (C=O) groups excluding carboxylic acids is 1. The average molecular weight is 251 g/mol. The number of methoxy groups -OCH3 is 1. The molecule has 2 atom stereocenters. The van der Waals surface area contributed by atoms with Crippen LogP contribution in [-0.2, 0) is 11.3 Å². The summed E-state index contributed by atoms with van der Waals surface area (Å²) in [4.78, 5) is 11.9. The highest BCUT2D eigenvalue weighted by atomic mass is 16.5. The monoisotopic (exact) mass is 251 g/mol. The van der Waals surface area contributed by atoms with Crippen molar-refractivity contribution in [1.29, 1.82) is 0 Å². The Labute approximate surface area is 105 Å². The second-order valence-electron chi connectivity index (χ2n) is 4.34. The third kappa shape index (κ3) is 3.00. The minimum atomic E-state index is -0.245. The number of furan rings is 1. The fourth-order valence-corrected chi connectivity index (χ4v) is 1.98. The first kappa shape index (κ1) is 12.9. The number of hydrogen-bond donors (Lipinski definition) is 2. The zero-order valence-electron chi connectivity index (χ0n) is 10.3. The maximum absolute atomic E-state index is 11.9. The standard InChI is InChI=1S/C13H17NO4/c1-17-8-11-4-5-12(18-11)13(16)14-10-3-2-9(6-10)7-15/h2-5,9-10,15H,6-8H2,1H3,(H,14,16)/t9-,10+/m0/s1. The molecular weight excluding hydrogens is 234 g/mol. The minimum absolute atomic E-state index is 0.0365. The van der Waals surface area contributed by atoms with Crippen molar-refractivity contribution in [3.05, 3.63) is 35.8 Å². The van der Waals surface area contributed by atoms with Crippen molar-refractivity contribution < 1.29 is 19.1 Å². The molecular formula is C13H17NO4. The summed E-state index contributed by atoms with van der Waals surface area (Å²) in [6, 6.07) is 3.32. The van der Waals surface area contributed by atoms with Gasteiger partial charge in [-0.3, -0.25) is 4.79 Å². The molecule has 0 fully saturated rings.